The summed E-state index contributed by atoms with van der Waals surface area (Å²) in [5, 5.41) is 29.5. The minimum Gasteiger partial charge on any atom is -0.508 e. The van der Waals surface area contributed by atoms with Crippen molar-refractivity contribution in [3.8, 4) is 11.5 Å². The van der Waals surface area contributed by atoms with Crippen LogP contribution in [0.15, 0.2) is 12.1 Å². The standard InChI is InChI=1S/C26H42O6/c1-25(2,24(30)31)15-11-7-5-9-13-20-17-21(23(29)18-22(20)28)14-10-6-8-12-16-26(3,4)32-19-27/h17-19,28-29H,5-16H2,1-4H3,(H,30,31). The summed E-state index contributed by atoms with van der Waals surface area (Å²) in [6.45, 7) is 7.84. The molecule has 32 heavy (non-hydrogen) atoms. The van der Waals surface area contributed by atoms with Gasteiger partial charge in [0.1, 0.15) is 17.1 Å². The van der Waals surface area contributed by atoms with E-state index < -0.39 is 17.0 Å². The molecular formula is C26H42O6. The van der Waals surface area contributed by atoms with Gasteiger partial charge in [-0.2, -0.15) is 0 Å². The number of unbranched alkanes of at least 4 members (excludes halogenated alkanes) is 6. The first kappa shape index (κ1) is 27.8. The summed E-state index contributed by atoms with van der Waals surface area (Å²) < 4.78 is 5.06. The number of aryl methyl sites for hydroxylation is 2. The van der Waals surface area contributed by atoms with Gasteiger partial charge in [-0.15, -0.1) is 0 Å². The number of carbonyl (C=O) groups excluding carboxylic acids is 1. The molecule has 0 bridgehead atoms. The summed E-state index contributed by atoms with van der Waals surface area (Å²) >= 11 is 0. The summed E-state index contributed by atoms with van der Waals surface area (Å²) in [5.41, 5.74) is 0.629. The number of hydrogen-bond acceptors (Lipinski definition) is 5. The Morgan fingerprint density at radius 1 is 0.812 bits per heavy atom. The molecule has 0 aliphatic carbocycles. The van der Waals surface area contributed by atoms with Gasteiger partial charge in [0.2, 0.25) is 0 Å². The molecule has 0 spiro atoms. The third-order valence-electron chi connectivity index (χ3n) is 6.20. The fraction of sp³-hybridized carbons (Fsp3) is 0.692. The summed E-state index contributed by atoms with van der Waals surface area (Å²) in [7, 11) is 0. The lowest BCUT2D eigenvalue weighted by atomic mass is 9.87. The molecule has 1 aromatic rings. The molecule has 0 aliphatic heterocycles. The number of ether oxygens (including phenoxy) is 1. The predicted octanol–water partition coefficient (Wildman–Crippen LogP) is 6.15. The van der Waals surface area contributed by atoms with E-state index in [1.807, 2.05) is 19.9 Å². The van der Waals surface area contributed by atoms with Crippen molar-refractivity contribution >= 4 is 12.4 Å². The van der Waals surface area contributed by atoms with E-state index in [4.69, 9.17) is 9.84 Å². The fourth-order valence-corrected chi connectivity index (χ4v) is 3.83. The Morgan fingerprint density at radius 3 is 1.75 bits per heavy atom. The van der Waals surface area contributed by atoms with Crippen LogP contribution in [0.4, 0.5) is 0 Å². The Hall–Kier alpha value is -2.24. The number of benzene rings is 1. The molecule has 0 heterocycles. The van der Waals surface area contributed by atoms with Crippen LogP contribution in [0.25, 0.3) is 0 Å². The van der Waals surface area contributed by atoms with E-state index in [1.54, 1.807) is 13.8 Å². The highest BCUT2D eigenvalue weighted by atomic mass is 16.5. The summed E-state index contributed by atoms with van der Waals surface area (Å²) in [6, 6.07) is 3.36. The third-order valence-corrected chi connectivity index (χ3v) is 6.20. The average Bonchev–Trinajstić information content (AvgIpc) is 2.69. The first-order chi connectivity index (χ1) is 15.0. The van der Waals surface area contributed by atoms with Crippen LogP contribution < -0.4 is 0 Å². The molecule has 0 aliphatic rings. The molecule has 0 radical (unpaired) electrons. The van der Waals surface area contributed by atoms with Crippen LogP contribution in [0.3, 0.4) is 0 Å². The van der Waals surface area contributed by atoms with Crippen molar-refractivity contribution in [2.24, 2.45) is 5.41 Å². The zero-order valence-corrected chi connectivity index (χ0v) is 20.3. The van der Waals surface area contributed by atoms with Crippen LogP contribution in [-0.4, -0.2) is 33.4 Å². The number of aromatic hydroxyl groups is 2. The predicted molar refractivity (Wildman–Crippen MR) is 126 cm³/mol. The van der Waals surface area contributed by atoms with E-state index in [0.717, 1.165) is 81.8 Å². The van der Waals surface area contributed by atoms with Crippen LogP contribution in [0.2, 0.25) is 0 Å². The minimum absolute atomic E-state index is 0.135. The summed E-state index contributed by atoms with van der Waals surface area (Å²) in [5.74, 6) is -0.479. The number of phenolic OH excluding ortho intramolecular Hbond substituents is 2. The van der Waals surface area contributed by atoms with Crippen molar-refractivity contribution in [1.29, 1.82) is 0 Å². The lowest BCUT2D eigenvalue weighted by Gasteiger charge is -2.22. The Labute approximate surface area is 193 Å². The maximum Gasteiger partial charge on any atom is 0.309 e. The van der Waals surface area contributed by atoms with Crippen molar-refractivity contribution in [1.82, 2.24) is 0 Å². The van der Waals surface area contributed by atoms with Gasteiger partial charge in [-0.05, 0) is 89.8 Å². The number of carboxylic acids is 1. The van der Waals surface area contributed by atoms with E-state index >= 15 is 0 Å². The Morgan fingerprint density at radius 2 is 1.28 bits per heavy atom. The summed E-state index contributed by atoms with van der Waals surface area (Å²) in [6.07, 6.45) is 10.7. The van der Waals surface area contributed by atoms with Crippen molar-refractivity contribution < 1.29 is 29.6 Å². The molecule has 1 rings (SSSR count). The van der Waals surface area contributed by atoms with Crippen molar-refractivity contribution in [2.75, 3.05) is 0 Å². The van der Waals surface area contributed by atoms with Gasteiger partial charge < -0.3 is 20.1 Å². The number of aliphatic carboxylic acids is 1. The number of carboxylic acid groups (broad SMARTS) is 1. The van der Waals surface area contributed by atoms with E-state index in [9.17, 15) is 19.8 Å². The molecule has 0 fully saturated rings. The lowest BCUT2D eigenvalue weighted by Crippen LogP contribution is -2.23. The van der Waals surface area contributed by atoms with Crippen molar-refractivity contribution in [3.05, 3.63) is 23.3 Å². The third kappa shape index (κ3) is 10.4. The average molecular weight is 451 g/mol. The van der Waals surface area contributed by atoms with E-state index in [-0.39, 0.29) is 11.5 Å². The quantitative estimate of drug-likeness (QED) is 0.194. The van der Waals surface area contributed by atoms with Gasteiger partial charge in [0, 0.05) is 6.07 Å². The molecule has 0 amide bonds. The van der Waals surface area contributed by atoms with E-state index in [1.165, 1.54) is 6.07 Å². The Bertz CT molecular complexity index is 723. The maximum atomic E-state index is 11.1. The Kier molecular flexibility index (Phi) is 11.6. The molecule has 0 saturated carbocycles. The van der Waals surface area contributed by atoms with Crippen LogP contribution in [0.5, 0.6) is 11.5 Å². The minimum atomic E-state index is -0.755. The van der Waals surface area contributed by atoms with Gasteiger partial charge in [-0.3, -0.25) is 9.59 Å². The second-order valence-corrected chi connectivity index (χ2v) is 10.1. The first-order valence-electron chi connectivity index (χ1n) is 11.9. The lowest BCUT2D eigenvalue weighted by molar-refractivity contribution is -0.147. The van der Waals surface area contributed by atoms with Gasteiger partial charge in [-0.1, -0.05) is 32.1 Å². The normalized spacial score (nSPS) is 12.0. The highest BCUT2D eigenvalue weighted by Crippen LogP contribution is 2.30. The van der Waals surface area contributed by atoms with E-state index in [0.29, 0.717) is 12.9 Å². The molecule has 6 heteroatoms. The number of carbonyl (C=O) groups is 2. The maximum absolute atomic E-state index is 11.1. The van der Waals surface area contributed by atoms with Crippen molar-refractivity contribution in [2.45, 2.75) is 110 Å². The number of hydrogen-bond donors (Lipinski definition) is 3. The molecule has 0 saturated heterocycles. The van der Waals surface area contributed by atoms with E-state index in [2.05, 4.69) is 0 Å². The zero-order chi connectivity index (χ0) is 24.2. The second kappa shape index (κ2) is 13.3. The summed E-state index contributed by atoms with van der Waals surface area (Å²) in [4.78, 5) is 21.6. The number of rotatable bonds is 17. The molecular weight excluding hydrogens is 408 g/mol. The Balaban J connectivity index is 2.37. The molecule has 0 unspecified atom stereocenters. The molecule has 0 aromatic heterocycles. The molecule has 1 aromatic carbocycles. The fourth-order valence-electron chi connectivity index (χ4n) is 3.83. The second-order valence-electron chi connectivity index (χ2n) is 10.1. The molecule has 3 N–H and O–H groups in total. The monoisotopic (exact) mass is 450 g/mol. The van der Waals surface area contributed by atoms with Crippen LogP contribution in [0.1, 0.15) is 103 Å². The van der Waals surface area contributed by atoms with Crippen LogP contribution in [-0.2, 0) is 27.2 Å². The van der Waals surface area contributed by atoms with Crippen molar-refractivity contribution in [3.63, 3.8) is 0 Å². The van der Waals surface area contributed by atoms with Gasteiger partial charge >= 0.3 is 5.97 Å². The van der Waals surface area contributed by atoms with Gasteiger partial charge in [0.15, 0.2) is 0 Å². The van der Waals surface area contributed by atoms with Crippen LogP contribution in [0, 0.1) is 5.41 Å². The smallest absolute Gasteiger partial charge is 0.309 e. The first-order valence-corrected chi connectivity index (χ1v) is 11.9. The van der Waals surface area contributed by atoms with Gasteiger partial charge in [-0.25, -0.2) is 0 Å². The zero-order valence-electron chi connectivity index (χ0n) is 20.3. The van der Waals surface area contributed by atoms with Gasteiger partial charge in [0.05, 0.1) is 5.41 Å². The highest BCUT2D eigenvalue weighted by Gasteiger charge is 2.25. The SMILES string of the molecule is CC(C)(CCCCCCc1cc(CCCCCCC(C)(C)C(=O)O)c(O)cc1O)OC=O. The van der Waals surface area contributed by atoms with Gasteiger partial charge in [0.25, 0.3) is 6.47 Å². The van der Waals surface area contributed by atoms with Crippen LogP contribution >= 0.6 is 0 Å². The molecule has 0 atom stereocenters. The largest absolute Gasteiger partial charge is 0.508 e. The molecule has 182 valence electrons. The number of phenols is 2. The highest BCUT2D eigenvalue weighted by molar-refractivity contribution is 5.73. The topological polar surface area (TPSA) is 104 Å². The molecule has 6 nitrogen and oxygen atoms in total.